The van der Waals surface area contributed by atoms with Gasteiger partial charge in [-0.15, -0.1) is 12.4 Å². The van der Waals surface area contributed by atoms with Crippen LogP contribution >= 0.6 is 12.4 Å². The van der Waals surface area contributed by atoms with Crippen LogP contribution in [0.3, 0.4) is 0 Å². The zero-order valence-electron chi connectivity index (χ0n) is 13.7. The molecule has 0 spiro atoms. The van der Waals surface area contributed by atoms with Gasteiger partial charge in [0, 0.05) is 24.2 Å². The Morgan fingerprint density at radius 1 is 1.25 bits per heavy atom. The van der Waals surface area contributed by atoms with E-state index in [4.69, 9.17) is 5.73 Å². The van der Waals surface area contributed by atoms with Gasteiger partial charge in [0.1, 0.15) is 0 Å². The SMILES string of the molecule is Cl.NC[C@H]1CCC[C@H]1C(=O)NCc1cnn(Cc2ccccc2)c1. The zero-order chi connectivity index (χ0) is 16.1. The van der Waals surface area contributed by atoms with Gasteiger partial charge in [-0.1, -0.05) is 36.8 Å². The monoisotopic (exact) mass is 348 g/mol. The average Bonchev–Trinajstić information content (AvgIpc) is 3.22. The molecule has 2 aromatic rings. The van der Waals surface area contributed by atoms with E-state index in [1.165, 1.54) is 5.56 Å². The van der Waals surface area contributed by atoms with E-state index in [-0.39, 0.29) is 24.2 Å². The molecule has 3 N–H and O–H groups in total. The van der Waals surface area contributed by atoms with E-state index >= 15 is 0 Å². The molecule has 1 heterocycles. The normalized spacial score (nSPS) is 19.7. The highest BCUT2D eigenvalue weighted by molar-refractivity contribution is 5.85. The van der Waals surface area contributed by atoms with Gasteiger partial charge in [-0.05, 0) is 30.9 Å². The summed E-state index contributed by atoms with van der Waals surface area (Å²) in [5.41, 5.74) is 7.99. The lowest BCUT2D eigenvalue weighted by Crippen LogP contribution is -2.34. The molecule has 1 aliphatic rings. The van der Waals surface area contributed by atoms with E-state index in [0.717, 1.165) is 31.4 Å². The fourth-order valence-corrected chi connectivity index (χ4v) is 3.34. The van der Waals surface area contributed by atoms with E-state index in [1.54, 1.807) is 0 Å². The fraction of sp³-hybridized carbons (Fsp3) is 0.444. The van der Waals surface area contributed by atoms with Gasteiger partial charge in [0.05, 0.1) is 12.7 Å². The maximum Gasteiger partial charge on any atom is 0.223 e. The number of nitrogens with one attached hydrogen (secondary N) is 1. The second kappa shape index (κ2) is 8.85. The van der Waals surface area contributed by atoms with E-state index in [0.29, 0.717) is 19.0 Å². The Labute approximate surface area is 149 Å². The van der Waals surface area contributed by atoms with Crippen molar-refractivity contribution in [3.8, 4) is 0 Å². The Morgan fingerprint density at radius 3 is 2.79 bits per heavy atom. The summed E-state index contributed by atoms with van der Waals surface area (Å²) in [6.45, 7) is 1.88. The third kappa shape index (κ3) is 4.58. The number of aromatic nitrogens is 2. The van der Waals surface area contributed by atoms with Crippen LogP contribution < -0.4 is 11.1 Å². The van der Waals surface area contributed by atoms with E-state index in [9.17, 15) is 4.79 Å². The van der Waals surface area contributed by atoms with Crippen molar-refractivity contribution in [1.82, 2.24) is 15.1 Å². The molecule has 1 aromatic carbocycles. The summed E-state index contributed by atoms with van der Waals surface area (Å²) in [7, 11) is 0. The molecular formula is C18H25ClN4O. The summed E-state index contributed by atoms with van der Waals surface area (Å²) >= 11 is 0. The highest BCUT2D eigenvalue weighted by Crippen LogP contribution is 2.30. The van der Waals surface area contributed by atoms with Crippen molar-refractivity contribution >= 4 is 18.3 Å². The van der Waals surface area contributed by atoms with Crippen LogP contribution in [-0.2, 0) is 17.9 Å². The molecule has 3 rings (SSSR count). The lowest BCUT2D eigenvalue weighted by atomic mass is 9.95. The molecule has 6 heteroatoms. The van der Waals surface area contributed by atoms with Crippen LogP contribution in [-0.4, -0.2) is 22.2 Å². The molecule has 1 aromatic heterocycles. The van der Waals surface area contributed by atoms with Gasteiger partial charge in [-0.3, -0.25) is 9.48 Å². The maximum atomic E-state index is 12.3. The van der Waals surface area contributed by atoms with Crippen LogP contribution in [0.1, 0.15) is 30.4 Å². The van der Waals surface area contributed by atoms with Crippen LogP contribution in [0.25, 0.3) is 0 Å². The smallest absolute Gasteiger partial charge is 0.223 e. The molecule has 0 saturated heterocycles. The average molecular weight is 349 g/mol. The molecule has 1 fully saturated rings. The first-order valence-corrected chi connectivity index (χ1v) is 8.29. The molecule has 24 heavy (non-hydrogen) atoms. The Kier molecular flexibility index (Phi) is 6.82. The van der Waals surface area contributed by atoms with Crippen LogP contribution in [0, 0.1) is 11.8 Å². The van der Waals surface area contributed by atoms with Gasteiger partial charge in [0.2, 0.25) is 5.91 Å². The van der Waals surface area contributed by atoms with Crippen molar-refractivity contribution in [1.29, 1.82) is 0 Å². The van der Waals surface area contributed by atoms with Gasteiger partial charge in [0.15, 0.2) is 0 Å². The van der Waals surface area contributed by atoms with E-state index in [1.807, 2.05) is 35.3 Å². The minimum absolute atomic E-state index is 0. The number of halogens is 1. The molecule has 0 aliphatic heterocycles. The lowest BCUT2D eigenvalue weighted by molar-refractivity contribution is -0.126. The number of benzene rings is 1. The minimum atomic E-state index is 0. The number of amides is 1. The number of carbonyl (C=O) groups excluding carboxylic acids is 1. The Morgan fingerprint density at radius 2 is 2.04 bits per heavy atom. The first kappa shape index (κ1) is 18.5. The molecule has 2 atom stereocenters. The fourth-order valence-electron chi connectivity index (χ4n) is 3.34. The molecular weight excluding hydrogens is 324 g/mol. The first-order valence-electron chi connectivity index (χ1n) is 8.29. The number of hydrogen-bond donors (Lipinski definition) is 2. The third-order valence-corrected chi connectivity index (χ3v) is 4.64. The van der Waals surface area contributed by atoms with Crippen LogP contribution in [0.4, 0.5) is 0 Å². The number of carbonyl (C=O) groups is 1. The van der Waals surface area contributed by atoms with Crippen molar-refractivity contribution in [2.75, 3.05) is 6.54 Å². The van der Waals surface area contributed by atoms with Crippen molar-refractivity contribution in [3.63, 3.8) is 0 Å². The molecule has 0 bridgehead atoms. The minimum Gasteiger partial charge on any atom is -0.352 e. The first-order chi connectivity index (χ1) is 11.3. The maximum absolute atomic E-state index is 12.3. The van der Waals surface area contributed by atoms with Crippen molar-refractivity contribution < 1.29 is 4.79 Å². The van der Waals surface area contributed by atoms with Gasteiger partial charge in [-0.2, -0.15) is 5.10 Å². The third-order valence-electron chi connectivity index (χ3n) is 4.64. The molecule has 1 saturated carbocycles. The van der Waals surface area contributed by atoms with E-state index in [2.05, 4.69) is 22.5 Å². The summed E-state index contributed by atoms with van der Waals surface area (Å²) in [5.74, 6) is 0.559. The molecule has 0 unspecified atom stereocenters. The molecule has 1 amide bonds. The summed E-state index contributed by atoms with van der Waals surface area (Å²) in [6, 6.07) is 10.2. The Balaban J connectivity index is 0.00000208. The topological polar surface area (TPSA) is 72.9 Å². The quantitative estimate of drug-likeness (QED) is 0.841. The highest BCUT2D eigenvalue weighted by Gasteiger charge is 2.31. The van der Waals surface area contributed by atoms with Crippen molar-refractivity contribution in [3.05, 3.63) is 53.9 Å². The Bertz CT molecular complexity index is 643. The molecule has 1 aliphatic carbocycles. The van der Waals surface area contributed by atoms with Gasteiger partial charge in [-0.25, -0.2) is 0 Å². The Hall–Kier alpha value is -1.85. The number of rotatable bonds is 6. The standard InChI is InChI=1S/C18H24N4O.ClH/c19-9-16-7-4-8-17(16)18(23)20-10-15-11-21-22(13-15)12-14-5-2-1-3-6-14;/h1-3,5-6,11,13,16-17H,4,7-10,12,19H2,(H,20,23);1H/t16-,17-;/m1./s1. The van der Waals surface area contributed by atoms with E-state index < -0.39 is 0 Å². The van der Waals surface area contributed by atoms with Crippen molar-refractivity contribution in [2.24, 2.45) is 17.6 Å². The number of nitrogens with two attached hydrogens (primary N) is 1. The predicted molar refractivity (Wildman–Crippen MR) is 96.8 cm³/mol. The highest BCUT2D eigenvalue weighted by atomic mass is 35.5. The number of hydrogen-bond acceptors (Lipinski definition) is 3. The predicted octanol–water partition coefficient (Wildman–Crippen LogP) is 2.34. The van der Waals surface area contributed by atoms with Crippen molar-refractivity contribution in [2.45, 2.75) is 32.4 Å². The summed E-state index contributed by atoms with van der Waals surface area (Å²) in [4.78, 5) is 12.3. The van der Waals surface area contributed by atoms with Gasteiger partial charge >= 0.3 is 0 Å². The molecule has 5 nitrogen and oxygen atoms in total. The molecule has 0 radical (unpaired) electrons. The largest absolute Gasteiger partial charge is 0.352 e. The van der Waals surface area contributed by atoms with Gasteiger partial charge in [0.25, 0.3) is 0 Å². The lowest BCUT2D eigenvalue weighted by Gasteiger charge is -2.16. The summed E-state index contributed by atoms with van der Waals surface area (Å²) < 4.78 is 1.90. The second-order valence-electron chi connectivity index (χ2n) is 6.28. The number of nitrogens with zero attached hydrogens (tertiary/aromatic N) is 2. The second-order valence-corrected chi connectivity index (χ2v) is 6.28. The van der Waals surface area contributed by atoms with Crippen LogP contribution in [0.5, 0.6) is 0 Å². The zero-order valence-corrected chi connectivity index (χ0v) is 14.5. The summed E-state index contributed by atoms with van der Waals surface area (Å²) in [5, 5.41) is 7.40. The van der Waals surface area contributed by atoms with Crippen LogP contribution in [0.15, 0.2) is 42.7 Å². The summed E-state index contributed by atoms with van der Waals surface area (Å²) in [6.07, 6.45) is 6.94. The van der Waals surface area contributed by atoms with Gasteiger partial charge < -0.3 is 11.1 Å². The van der Waals surface area contributed by atoms with Crippen LogP contribution in [0.2, 0.25) is 0 Å². The molecule has 130 valence electrons.